The minimum absolute atomic E-state index is 0.0155. The zero-order valence-corrected chi connectivity index (χ0v) is 14.0. The Labute approximate surface area is 139 Å². The molecule has 1 aromatic carbocycles. The molecule has 0 saturated heterocycles. The van der Waals surface area contributed by atoms with Gasteiger partial charge in [0.1, 0.15) is 5.82 Å². The molecule has 1 amide bonds. The lowest BCUT2D eigenvalue weighted by Crippen LogP contribution is -2.30. The van der Waals surface area contributed by atoms with Crippen molar-refractivity contribution in [3.63, 3.8) is 0 Å². The zero-order valence-electron chi connectivity index (χ0n) is 11.6. The van der Waals surface area contributed by atoms with Crippen LogP contribution in [0.4, 0.5) is 4.39 Å². The van der Waals surface area contributed by atoms with Crippen LogP contribution in [-0.2, 0) is 9.53 Å². The van der Waals surface area contributed by atoms with Crippen molar-refractivity contribution in [1.82, 2.24) is 5.32 Å². The average Bonchev–Trinajstić information content (AvgIpc) is 3.03. The molecular formula is C15H13BrFNO3S. The molecule has 1 N–H and O–H groups in total. The molecule has 0 aliphatic rings. The van der Waals surface area contributed by atoms with E-state index in [0.29, 0.717) is 4.47 Å². The largest absolute Gasteiger partial charge is 0.469 e. The van der Waals surface area contributed by atoms with Crippen LogP contribution in [0.3, 0.4) is 0 Å². The van der Waals surface area contributed by atoms with Crippen molar-refractivity contribution in [3.05, 3.63) is 56.4 Å². The van der Waals surface area contributed by atoms with Crippen molar-refractivity contribution >= 4 is 39.1 Å². The number of ether oxygens (including phenoxy) is 1. The van der Waals surface area contributed by atoms with Crippen molar-refractivity contribution in [3.8, 4) is 0 Å². The quantitative estimate of drug-likeness (QED) is 0.798. The number of carbonyl (C=O) groups is 2. The van der Waals surface area contributed by atoms with Gasteiger partial charge in [0.2, 0.25) is 0 Å². The summed E-state index contributed by atoms with van der Waals surface area (Å²) in [7, 11) is 1.28. The van der Waals surface area contributed by atoms with E-state index in [1.165, 1.54) is 36.6 Å². The lowest BCUT2D eigenvalue weighted by atomic mass is 10.1. The highest BCUT2D eigenvalue weighted by atomic mass is 79.9. The normalized spacial score (nSPS) is 11.8. The maximum absolute atomic E-state index is 13.8. The van der Waals surface area contributed by atoms with E-state index in [-0.39, 0.29) is 12.0 Å². The van der Waals surface area contributed by atoms with Crippen molar-refractivity contribution in [2.24, 2.45) is 0 Å². The highest BCUT2D eigenvalue weighted by Gasteiger charge is 2.22. The third kappa shape index (κ3) is 4.14. The van der Waals surface area contributed by atoms with E-state index >= 15 is 0 Å². The molecule has 0 spiro atoms. The molecule has 0 aliphatic heterocycles. The fourth-order valence-corrected chi connectivity index (χ4v) is 3.01. The molecule has 1 heterocycles. The molecule has 116 valence electrons. The molecule has 2 rings (SSSR count). The first-order valence-electron chi connectivity index (χ1n) is 6.37. The second-order valence-electron chi connectivity index (χ2n) is 4.45. The number of nitrogens with one attached hydrogen (secondary N) is 1. The Balaban J connectivity index is 2.21. The van der Waals surface area contributed by atoms with Crippen LogP contribution in [0.2, 0.25) is 0 Å². The Hall–Kier alpha value is -1.73. The van der Waals surface area contributed by atoms with Gasteiger partial charge in [-0.15, -0.1) is 11.3 Å². The number of methoxy groups -OCH3 is 1. The Bertz CT molecular complexity index is 675. The number of thiophene rings is 1. The minimum Gasteiger partial charge on any atom is -0.469 e. The number of hydrogen-bond donors (Lipinski definition) is 1. The molecule has 0 aliphatic carbocycles. The van der Waals surface area contributed by atoms with Gasteiger partial charge in [-0.2, -0.15) is 0 Å². The third-order valence-corrected chi connectivity index (χ3v) is 4.44. The lowest BCUT2D eigenvalue weighted by molar-refractivity contribution is -0.141. The van der Waals surface area contributed by atoms with Crippen LogP contribution in [-0.4, -0.2) is 19.0 Å². The third-order valence-electron chi connectivity index (χ3n) is 2.96. The highest BCUT2D eigenvalue weighted by Crippen LogP contribution is 2.24. The summed E-state index contributed by atoms with van der Waals surface area (Å²) in [5.74, 6) is -1.65. The molecule has 1 atom stereocenters. The summed E-state index contributed by atoms with van der Waals surface area (Å²) >= 11 is 4.60. The summed E-state index contributed by atoms with van der Waals surface area (Å²) in [5, 5.41) is 4.52. The molecule has 0 fully saturated rings. The fourth-order valence-electron chi connectivity index (χ4n) is 1.87. The molecule has 1 unspecified atom stereocenters. The topological polar surface area (TPSA) is 55.4 Å². The lowest BCUT2D eigenvalue weighted by Gasteiger charge is -2.16. The number of hydrogen-bond acceptors (Lipinski definition) is 4. The molecule has 22 heavy (non-hydrogen) atoms. The number of amides is 1. The van der Waals surface area contributed by atoms with Crippen LogP contribution >= 0.6 is 27.3 Å². The van der Waals surface area contributed by atoms with Gasteiger partial charge in [-0.05, 0) is 29.6 Å². The predicted octanol–water partition coefficient (Wildman–Crippen LogP) is 3.68. The van der Waals surface area contributed by atoms with Crippen LogP contribution < -0.4 is 5.32 Å². The molecule has 7 heteroatoms. The summed E-state index contributed by atoms with van der Waals surface area (Å²) in [6, 6.07) is 7.18. The number of halogens is 2. The monoisotopic (exact) mass is 385 g/mol. The molecular weight excluding hydrogens is 373 g/mol. The van der Waals surface area contributed by atoms with Crippen molar-refractivity contribution in [2.75, 3.05) is 7.11 Å². The van der Waals surface area contributed by atoms with Crippen molar-refractivity contribution in [1.29, 1.82) is 0 Å². The SMILES string of the molecule is COC(=O)CC(NC(=O)c1cc(Br)ccc1F)c1cccs1. The molecule has 0 saturated carbocycles. The van der Waals surface area contributed by atoms with E-state index in [2.05, 4.69) is 26.0 Å². The smallest absolute Gasteiger partial charge is 0.307 e. The van der Waals surface area contributed by atoms with Crippen LogP contribution in [0.25, 0.3) is 0 Å². The molecule has 4 nitrogen and oxygen atoms in total. The minimum atomic E-state index is -0.622. The van der Waals surface area contributed by atoms with E-state index in [1.54, 1.807) is 6.07 Å². The number of benzene rings is 1. The Morgan fingerprint density at radius 1 is 1.41 bits per heavy atom. The highest BCUT2D eigenvalue weighted by molar-refractivity contribution is 9.10. The first-order chi connectivity index (χ1) is 10.5. The Morgan fingerprint density at radius 2 is 2.18 bits per heavy atom. The predicted molar refractivity (Wildman–Crippen MR) is 85.3 cm³/mol. The van der Waals surface area contributed by atoms with Gasteiger partial charge in [0.05, 0.1) is 25.1 Å². The Morgan fingerprint density at radius 3 is 2.82 bits per heavy atom. The maximum Gasteiger partial charge on any atom is 0.307 e. The number of esters is 1. The summed E-state index contributed by atoms with van der Waals surface area (Å²) in [6.07, 6.45) is -0.0155. The van der Waals surface area contributed by atoms with Crippen LogP contribution in [0.1, 0.15) is 27.7 Å². The average molecular weight is 386 g/mol. The van der Waals surface area contributed by atoms with Gasteiger partial charge >= 0.3 is 5.97 Å². The van der Waals surface area contributed by atoms with Crippen molar-refractivity contribution in [2.45, 2.75) is 12.5 Å². The van der Waals surface area contributed by atoms with Gasteiger partial charge in [-0.1, -0.05) is 22.0 Å². The summed E-state index contributed by atoms with van der Waals surface area (Å²) in [6.45, 7) is 0. The van der Waals surface area contributed by atoms with E-state index in [0.717, 1.165) is 4.88 Å². The number of rotatable bonds is 5. The fraction of sp³-hybridized carbons (Fsp3) is 0.200. The second-order valence-corrected chi connectivity index (χ2v) is 6.34. The van der Waals surface area contributed by atoms with E-state index < -0.39 is 23.7 Å². The summed E-state index contributed by atoms with van der Waals surface area (Å²) in [4.78, 5) is 24.6. The van der Waals surface area contributed by atoms with Crippen LogP contribution in [0, 0.1) is 5.82 Å². The number of carbonyl (C=O) groups excluding carboxylic acids is 2. The van der Waals surface area contributed by atoms with E-state index in [4.69, 9.17) is 0 Å². The molecule has 0 bridgehead atoms. The molecule has 2 aromatic rings. The van der Waals surface area contributed by atoms with Gasteiger partial charge in [-0.3, -0.25) is 9.59 Å². The standard InChI is InChI=1S/C15H13BrFNO3S/c1-21-14(19)8-12(13-3-2-6-22-13)18-15(20)10-7-9(16)4-5-11(10)17/h2-7,12H,8H2,1H3,(H,18,20). The van der Waals surface area contributed by atoms with Crippen molar-refractivity contribution < 1.29 is 18.7 Å². The van der Waals surface area contributed by atoms with Gasteiger partial charge in [0.15, 0.2) is 0 Å². The Kier molecular flexibility index (Phi) is 5.68. The molecule has 1 aromatic heterocycles. The second kappa shape index (κ2) is 7.51. The van der Waals surface area contributed by atoms with Gasteiger partial charge in [0.25, 0.3) is 5.91 Å². The van der Waals surface area contributed by atoms with Gasteiger partial charge in [-0.25, -0.2) is 4.39 Å². The summed E-state index contributed by atoms with van der Waals surface area (Å²) in [5.41, 5.74) is -0.0826. The van der Waals surface area contributed by atoms with Crippen LogP contribution in [0.15, 0.2) is 40.2 Å². The first kappa shape index (κ1) is 16.6. The van der Waals surface area contributed by atoms with Gasteiger partial charge < -0.3 is 10.1 Å². The maximum atomic E-state index is 13.8. The zero-order chi connectivity index (χ0) is 16.1. The molecule has 0 radical (unpaired) electrons. The summed E-state index contributed by atoms with van der Waals surface area (Å²) < 4.78 is 19.0. The van der Waals surface area contributed by atoms with E-state index in [9.17, 15) is 14.0 Å². The van der Waals surface area contributed by atoms with Gasteiger partial charge in [0, 0.05) is 9.35 Å². The van der Waals surface area contributed by atoms with Crippen LogP contribution in [0.5, 0.6) is 0 Å². The van der Waals surface area contributed by atoms with E-state index in [1.807, 2.05) is 11.4 Å². The first-order valence-corrected chi connectivity index (χ1v) is 8.04.